The molecular formula is C7H2F10O4. The van der Waals surface area contributed by atoms with E-state index in [-0.39, 0.29) is 0 Å². The van der Waals surface area contributed by atoms with Gasteiger partial charge in [-0.1, -0.05) is 0 Å². The van der Waals surface area contributed by atoms with Crippen LogP contribution in [0.25, 0.3) is 0 Å². The van der Waals surface area contributed by atoms with Gasteiger partial charge < -0.3 is 14.2 Å². The van der Waals surface area contributed by atoms with Crippen molar-refractivity contribution in [3.05, 3.63) is 12.0 Å². The first-order valence-corrected chi connectivity index (χ1v) is 4.47. The van der Waals surface area contributed by atoms with Gasteiger partial charge in [-0.25, -0.2) is 0 Å². The molecule has 14 heteroatoms. The predicted octanol–water partition coefficient (Wildman–Crippen LogP) is 3.46. The first-order valence-electron chi connectivity index (χ1n) is 4.47. The van der Waals surface area contributed by atoms with Gasteiger partial charge in [0.1, 0.15) is 6.61 Å². The second-order valence-electron chi connectivity index (χ2n) is 3.38. The summed E-state index contributed by atoms with van der Waals surface area (Å²) in [5.41, 5.74) is 0. The highest BCUT2D eigenvalue weighted by atomic mass is 19.4. The van der Waals surface area contributed by atoms with Crippen LogP contribution in [-0.4, -0.2) is 30.8 Å². The molecule has 0 bridgehead atoms. The van der Waals surface area contributed by atoms with Crippen molar-refractivity contribution in [2.24, 2.45) is 0 Å². The second-order valence-corrected chi connectivity index (χ2v) is 3.38. The molecule has 0 spiro atoms. The van der Waals surface area contributed by atoms with Crippen LogP contribution in [0.1, 0.15) is 0 Å². The number of rotatable bonds is 5. The lowest BCUT2D eigenvalue weighted by molar-refractivity contribution is -0.524. The quantitative estimate of drug-likeness (QED) is 0.719. The van der Waals surface area contributed by atoms with Crippen LogP contribution >= 0.6 is 0 Å². The van der Waals surface area contributed by atoms with Crippen LogP contribution in [0.15, 0.2) is 12.0 Å². The van der Waals surface area contributed by atoms with Crippen LogP contribution in [0.2, 0.25) is 0 Å². The highest BCUT2D eigenvalue weighted by Gasteiger charge is 2.81. The summed E-state index contributed by atoms with van der Waals surface area (Å²) in [5.74, 6) is -5.31. The maximum Gasteiger partial charge on any atom is 0.473 e. The third kappa shape index (κ3) is 3.09. The Hall–Kier alpha value is -1.44. The molecule has 0 aromatic heterocycles. The Morgan fingerprint density at radius 2 is 1.29 bits per heavy atom. The van der Waals surface area contributed by atoms with Gasteiger partial charge in [-0.05, 0) is 4.53 Å². The highest BCUT2D eigenvalue weighted by Crippen LogP contribution is 2.52. The van der Waals surface area contributed by atoms with Gasteiger partial charge >= 0.3 is 36.2 Å². The van der Waals surface area contributed by atoms with Crippen LogP contribution in [0.4, 0.5) is 44.0 Å². The summed E-state index contributed by atoms with van der Waals surface area (Å²) < 4.78 is 133. The minimum Gasteiger partial charge on any atom is -0.408 e. The van der Waals surface area contributed by atoms with E-state index in [0.29, 0.717) is 0 Å². The summed E-state index contributed by atoms with van der Waals surface area (Å²) in [4.78, 5) is 1.76. The maximum atomic E-state index is 13.3. The molecule has 1 aliphatic heterocycles. The molecular weight excluding hydrogens is 338 g/mol. The Bertz CT molecular complexity index is 416. The summed E-state index contributed by atoms with van der Waals surface area (Å²) >= 11 is 0. The molecule has 0 fully saturated rings. The number of alkyl halides is 7. The Balaban J connectivity index is 3.15. The number of hydrogen-bond donors (Lipinski definition) is 0. The Kier molecular flexibility index (Phi) is 4.26. The van der Waals surface area contributed by atoms with Gasteiger partial charge in [-0.2, -0.15) is 39.5 Å². The van der Waals surface area contributed by atoms with Crippen LogP contribution in [-0.2, 0) is 19.2 Å². The molecule has 124 valence electrons. The molecule has 0 atom stereocenters. The van der Waals surface area contributed by atoms with Crippen LogP contribution in [0.3, 0.4) is 0 Å². The molecule has 0 N–H and O–H groups in total. The van der Waals surface area contributed by atoms with Gasteiger partial charge in [0.2, 0.25) is 0 Å². The van der Waals surface area contributed by atoms with Crippen molar-refractivity contribution in [2.75, 3.05) is 6.61 Å². The standard InChI is InChI=1S/C7H2F10O4/c8-2-3(9)20-5(19-2,7(15,16)21-17)6(13,14)18-1-4(10,11)12/h1H2. The summed E-state index contributed by atoms with van der Waals surface area (Å²) in [6.07, 6.45) is -17.3. The number of halogens is 10. The fourth-order valence-electron chi connectivity index (χ4n) is 1.08. The second kappa shape index (κ2) is 5.08. The van der Waals surface area contributed by atoms with Crippen molar-refractivity contribution in [3.8, 4) is 0 Å². The monoisotopic (exact) mass is 340 g/mol. The van der Waals surface area contributed by atoms with E-state index < -0.39 is 42.8 Å². The van der Waals surface area contributed by atoms with Crippen molar-refractivity contribution < 1.29 is 63.2 Å². The summed E-state index contributed by atoms with van der Waals surface area (Å²) in [6.45, 7) is -2.85. The van der Waals surface area contributed by atoms with E-state index in [0.717, 1.165) is 0 Å². The summed E-state index contributed by atoms with van der Waals surface area (Å²) in [5, 5.41) is 0. The number of ether oxygens (including phenoxy) is 3. The molecule has 1 aliphatic rings. The van der Waals surface area contributed by atoms with E-state index in [1.165, 1.54) is 0 Å². The molecule has 0 aromatic carbocycles. The summed E-state index contributed by atoms with van der Waals surface area (Å²) in [7, 11) is 0. The SMILES string of the molecule is FOC(F)(F)C1(C(F)(F)OCC(F)(F)F)OC(F)=C(F)O1. The largest absolute Gasteiger partial charge is 0.473 e. The molecule has 4 nitrogen and oxygen atoms in total. The molecule has 21 heavy (non-hydrogen) atoms. The first-order chi connectivity index (χ1) is 9.28. The third-order valence-corrected chi connectivity index (χ3v) is 1.90. The van der Waals surface area contributed by atoms with E-state index in [1.807, 2.05) is 0 Å². The molecule has 0 radical (unpaired) electrons. The number of hydrogen-bond acceptors (Lipinski definition) is 4. The zero-order valence-corrected chi connectivity index (χ0v) is 9.12. The van der Waals surface area contributed by atoms with Gasteiger partial charge in [0, 0.05) is 0 Å². The van der Waals surface area contributed by atoms with E-state index in [2.05, 4.69) is 14.2 Å². The maximum absolute atomic E-state index is 13.3. The van der Waals surface area contributed by atoms with Crippen molar-refractivity contribution in [1.82, 2.24) is 0 Å². The van der Waals surface area contributed by atoms with E-state index >= 15 is 0 Å². The van der Waals surface area contributed by atoms with Crippen LogP contribution in [0, 0.1) is 0 Å². The predicted molar refractivity (Wildman–Crippen MR) is 38.2 cm³/mol. The van der Waals surface area contributed by atoms with Crippen molar-refractivity contribution in [1.29, 1.82) is 0 Å². The molecule has 0 saturated heterocycles. The van der Waals surface area contributed by atoms with Crippen LogP contribution < -0.4 is 0 Å². The average Bonchev–Trinajstić information content (AvgIpc) is 2.65. The van der Waals surface area contributed by atoms with Crippen LogP contribution in [0.5, 0.6) is 0 Å². The molecule has 0 aromatic rings. The molecule has 1 rings (SSSR count). The Morgan fingerprint density at radius 3 is 1.62 bits per heavy atom. The normalized spacial score (nSPS) is 19.5. The molecule has 0 aliphatic carbocycles. The minimum absolute atomic E-state index is 1.76. The van der Waals surface area contributed by atoms with E-state index in [4.69, 9.17) is 0 Å². The topological polar surface area (TPSA) is 36.9 Å². The molecule has 0 unspecified atom stereocenters. The smallest absolute Gasteiger partial charge is 0.408 e. The van der Waals surface area contributed by atoms with Gasteiger partial charge in [0.05, 0.1) is 0 Å². The lowest BCUT2D eigenvalue weighted by Crippen LogP contribution is -2.63. The van der Waals surface area contributed by atoms with Crippen molar-refractivity contribution in [2.45, 2.75) is 24.2 Å². The highest BCUT2D eigenvalue weighted by molar-refractivity contribution is 5.03. The minimum atomic E-state index is -5.94. The Labute approximate surface area is 107 Å². The van der Waals surface area contributed by atoms with Gasteiger partial charge in [0.15, 0.2) is 0 Å². The average molecular weight is 340 g/mol. The Morgan fingerprint density at radius 1 is 0.857 bits per heavy atom. The van der Waals surface area contributed by atoms with Gasteiger partial charge in [-0.15, -0.1) is 4.94 Å². The molecule has 0 amide bonds. The van der Waals surface area contributed by atoms with Crippen molar-refractivity contribution in [3.63, 3.8) is 0 Å². The lowest BCUT2D eigenvalue weighted by atomic mass is 10.2. The molecule has 0 saturated carbocycles. The summed E-state index contributed by atoms with van der Waals surface area (Å²) in [6, 6.07) is -5.61. The van der Waals surface area contributed by atoms with E-state index in [9.17, 15) is 44.0 Å². The molecule has 1 heterocycles. The van der Waals surface area contributed by atoms with Gasteiger partial charge in [-0.3, -0.25) is 0 Å². The third-order valence-electron chi connectivity index (χ3n) is 1.90. The van der Waals surface area contributed by atoms with Crippen molar-refractivity contribution >= 4 is 0 Å². The lowest BCUT2D eigenvalue weighted by Gasteiger charge is -2.35. The zero-order chi connectivity index (χ0) is 16.7. The van der Waals surface area contributed by atoms with E-state index in [1.54, 1.807) is 4.94 Å². The fourth-order valence-corrected chi connectivity index (χ4v) is 1.08. The zero-order valence-electron chi connectivity index (χ0n) is 9.12. The fraction of sp³-hybridized carbons (Fsp3) is 0.714. The first kappa shape index (κ1) is 17.6. The van der Waals surface area contributed by atoms with Gasteiger partial charge in [0.25, 0.3) is 0 Å².